The molecular formula is C12H17N3O2S. The first-order valence-corrected chi connectivity index (χ1v) is 6.93. The van der Waals surface area contributed by atoms with Crippen LogP contribution in [-0.4, -0.2) is 42.7 Å². The third-order valence-electron chi connectivity index (χ3n) is 3.14. The van der Waals surface area contributed by atoms with E-state index in [2.05, 4.69) is 9.88 Å². The van der Waals surface area contributed by atoms with Crippen LogP contribution in [0.4, 0.5) is 11.5 Å². The molecule has 6 heteroatoms. The molecule has 18 heavy (non-hydrogen) atoms. The van der Waals surface area contributed by atoms with Gasteiger partial charge in [0.05, 0.1) is 24.6 Å². The number of methoxy groups -OCH3 is 1. The summed E-state index contributed by atoms with van der Waals surface area (Å²) in [6, 6.07) is 2.17. The topological polar surface area (TPSA) is 68.5 Å². The Kier molecular flexibility index (Phi) is 3.96. The molecule has 0 bridgehead atoms. The molecule has 0 saturated carbocycles. The Hall–Kier alpha value is -1.43. The van der Waals surface area contributed by atoms with Crippen molar-refractivity contribution in [2.24, 2.45) is 0 Å². The number of carbonyl (C=O) groups is 1. The third kappa shape index (κ3) is 2.53. The van der Waals surface area contributed by atoms with Crippen molar-refractivity contribution in [2.75, 3.05) is 36.3 Å². The van der Waals surface area contributed by atoms with Gasteiger partial charge in [-0.15, -0.1) is 0 Å². The minimum atomic E-state index is -0.426. The van der Waals surface area contributed by atoms with E-state index in [1.807, 2.05) is 18.8 Å². The molecule has 1 fully saturated rings. The first-order chi connectivity index (χ1) is 8.63. The fourth-order valence-corrected chi connectivity index (χ4v) is 3.22. The molecule has 2 heterocycles. The molecule has 2 N–H and O–H groups in total. The van der Waals surface area contributed by atoms with E-state index in [-0.39, 0.29) is 0 Å². The minimum absolute atomic E-state index is 0.347. The van der Waals surface area contributed by atoms with Gasteiger partial charge in [-0.25, -0.2) is 9.78 Å². The van der Waals surface area contributed by atoms with Gasteiger partial charge < -0.3 is 15.4 Å². The van der Waals surface area contributed by atoms with E-state index in [9.17, 15) is 4.79 Å². The number of pyridine rings is 1. The molecule has 0 spiro atoms. The van der Waals surface area contributed by atoms with Gasteiger partial charge in [-0.1, -0.05) is 0 Å². The molecule has 0 aliphatic carbocycles. The number of nitrogens with zero attached hydrogens (tertiary/aromatic N) is 2. The van der Waals surface area contributed by atoms with Crippen LogP contribution in [0.15, 0.2) is 12.3 Å². The molecule has 1 aliphatic heterocycles. The van der Waals surface area contributed by atoms with Crippen LogP contribution in [0.3, 0.4) is 0 Å². The molecule has 98 valence electrons. The van der Waals surface area contributed by atoms with Crippen LogP contribution in [0.1, 0.15) is 16.8 Å². The van der Waals surface area contributed by atoms with Crippen molar-refractivity contribution in [1.29, 1.82) is 0 Å². The van der Waals surface area contributed by atoms with Gasteiger partial charge >= 0.3 is 5.97 Å². The van der Waals surface area contributed by atoms with Crippen LogP contribution in [0, 0.1) is 0 Å². The molecule has 1 atom stereocenters. The highest BCUT2D eigenvalue weighted by molar-refractivity contribution is 7.99. The Morgan fingerprint density at radius 2 is 2.44 bits per heavy atom. The number of rotatable bonds is 3. The first-order valence-electron chi connectivity index (χ1n) is 5.78. The first kappa shape index (κ1) is 13.0. The summed E-state index contributed by atoms with van der Waals surface area (Å²) in [5.74, 6) is 2.60. The van der Waals surface area contributed by atoms with Crippen LogP contribution in [0.2, 0.25) is 0 Å². The van der Waals surface area contributed by atoms with Gasteiger partial charge in [0, 0.05) is 18.8 Å². The molecule has 1 aromatic heterocycles. The number of anilines is 2. The Morgan fingerprint density at radius 3 is 3.06 bits per heavy atom. The summed E-state index contributed by atoms with van der Waals surface area (Å²) in [7, 11) is 3.34. The number of hydrogen-bond acceptors (Lipinski definition) is 6. The predicted molar refractivity (Wildman–Crippen MR) is 74.1 cm³/mol. The Bertz CT molecular complexity index is 447. The van der Waals surface area contributed by atoms with Gasteiger partial charge in [-0.2, -0.15) is 11.8 Å². The second kappa shape index (κ2) is 5.48. The second-order valence-electron chi connectivity index (χ2n) is 4.25. The molecular weight excluding hydrogens is 250 g/mol. The lowest BCUT2D eigenvalue weighted by Gasteiger charge is -2.25. The summed E-state index contributed by atoms with van der Waals surface area (Å²) in [5, 5.41) is 0. The fraction of sp³-hybridized carbons (Fsp3) is 0.500. The number of thioether (sulfide) groups is 1. The van der Waals surface area contributed by atoms with Crippen molar-refractivity contribution in [1.82, 2.24) is 4.98 Å². The Labute approximate surface area is 111 Å². The Balaban J connectivity index is 2.25. The zero-order chi connectivity index (χ0) is 13.1. The SMILES string of the molecule is COC(=O)c1cc(N(C)C2CCSC2)ncc1N. The van der Waals surface area contributed by atoms with Crippen LogP contribution in [0.25, 0.3) is 0 Å². The molecule has 1 unspecified atom stereocenters. The normalized spacial score (nSPS) is 18.7. The van der Waals surface area contributed by atoms with Gasteiger partial charge in [-0.05, 0) is 18.2 Å². The quantitative estimate of drug-likeness (QED) is 0.835. The predicted octanol–water partition coefficient (Wildman–Crippen LogP) is 1.39. The lowest BCUT2D eigenvalue weighted by molar-refractivity contribution is 0.0602. The number of nitrogens with two attached hydrogens (primary N) is 1. The van der Waals surface area contributed by atoms with Crippen molar-refractivity contribution < 1.29 is 9.53 Å². The number of nitrogen functional groups attached to an aromatic ring is 1. The van der Waals surface area contributed by atoms with E-state index in [4.69, 9.17) is 10.5 Å². The van der Waals surface area contributed by atoms with E-state index in [1.165, 1.54) is 19.1 Å². The van der Waals surface area contributed by atoms with Gasteiger partial charge in [0.25, 0.3) is 0 Å². The highest BCUT2D eigenvalue weighted by Gasteiger charge is 2.22. The van der Waals surface area contributed by atoms with E-state index >= 15 is 0 Å². The molecule has 1 saturated heterocycles. The van der Waals surface area contributed by atoms with E-state index in [1.54, 1.807) is 6.07 Å². The van der Waals surface area contributed by atoms with E-state index < -0.39 is 5.97 Å². The van der Waals surface area contributed by atoms with Crippen LogP contribution in [-0.2, 0) is 4.74 Å². The van der Waals surface area contributed by atoms with Crippen LogP contribution < -0.4 is 10.6 Å². The number of hydrogen-bond donors (Lipinski definition) is 1. The number of ether oxygens (including phenoxy) is 1. The van der Waals surface area contributed by atoms with Crippen molar-refractivity contribution in [2.45, 2.75) is 12.5 Å². The molecule has 0 amide bonds. The van der Waals surface area contributed by atoms with Crippen molar-refractivity contribution in [3.8, 4) is 0 Å². The molecule has 5 nitrogen and oxygen atoms in total. The summed E-state index contributed by atoms with van der Waals surface area (Å²) >= 11 is 1.94. The summed E-state index contributed by atoms with van der Waals surface area (Å²) in [5.41, 5.74) is 6.46. The summed E-state index contributed by atoms with van der Waals surface area (Å²) in [4.78, 5) is 18.0. The van der Waals surface area contributed by atoms with E-state index in [0.29, 0.717) is 17.3 Å². The van der Waals surface area contributed by atoms with Gasteiger partial charge in [-0.3, -0.25) is 0 Å². The number of aromatic nitrogens is 1. The molecule has 1 aromatic rings. The van der Waals surface area contributed by atoms with Gasteiger partial charge in [0.1, 0.15) is 5.82 Å². The maximum atomic E-state index is 11.6. The second-order valence-corrected chi connectivity index (χ2v) is 5.40. The lowest BCUT2D eigenvalue weighted by atomic mass is 10.2. The maximum absolute atomic E-state index is 11.6. The van der Waals surface area contributed by atoms with Gasteiger partial charge in [0.15, 0.2) is 0 Å². The Morgan fingerprint density at radius 1 is 1.67 bits per heavy atom. The third-order valence-corrected chi connectivity index (χ3v) is 4.29. The molecule has 1 aliphatic rings. The maximum Gasteiger partial charge on any atom is 0.340 e. The average molecular weight is 267 g/mol. The minimum Gasteiger partial charge on any atom is -0.465 e. The highest BCUT2D eigenvalue weighted by Crippen LogP contribution is 2.26. The number of esters is 1. The summed E-state index contributed by atoms with van der Waals surface area (Å²) in [6.07, 6.45) is 2.65. The van der Waals surface area contributed by atoms with E-state index in [0.717, 1.165) is 18.0 Å². The average Bonchev–Trinajstić information content (AvgIpc) is 2.91. The molecule has 0 radical (unpaired) electrons. The summed E-state index contributed by atoms with van der Waals surface area (Å²) < 4.78 is 4.71. The number of carbonyl (C=O) groups excluding carboxylic acids is 1. The molecule has 2 rings (SSSR count). The summed E-state index contributed by atoms with van der Waals surface area (Å²) in [6.45, 7) is 0. The van der Waals surface area contributed by atoms with Crippen LogP contribution in [0.5, 0.6) is 0 Å². The van der Waals surface area contributed by atoms with Crippen molar-refractivity contribution in [3.63, 3.8) is 0 Å². The zero-order valence-electron chi connectivity index (χ0n) is 10.5. The van der Waals surface area contributed by atoms with Crippen molar-refractivity contribution in [3.05, 3.63) is 17.8 Å². The highest BCUT2D eigenvalue weighted by atomic mass is 32.2. The molecule has 0 aromatic carbocycles. The zero-order valence-corrected chi connectivity index (χ0v) is 11.4. The van der Waals surface area contributed by atoms with Gasteiger partial charge in [0.2, 0.25) is 0 Å². The van der Waals surface area contributed by atoms with Crippen molar-refractivity contribution >= 4 is 29.2 Å². The van der Waals surface area contributed by atoms with Crippen LogP contribution >= 0.6 is 11.8 Å². The lowest BCUT2D eigenvalue weighted by Crippen LogP contribution is -2.32. The largest absolute Gasteiger partial charge is 0.465 e. The fourth-order valence-electron chi connectivity index (χ4n) is 1.95. The monoisotopic (exact) mass is 267 g/mol. The standard InChI is InChI=1S/C12H17N3O2S/c1-15(8-3-4-18-7-8)11-5-9(12(16)17-2)10(13)6-14-11/h5-6,8H,3-4,7,13H2,1-2H3. The smallest absolute Gasteiger partial charge is 0.340 e.